The summed E-state index contributed by atoms with van der Waals surface area (Å²) in [6.45, 7) is 0.822. The van der Waals surface area contributed by atoms with Crippen molar-refractivity contribution in [1.82, 2.24) is 10.0 Å². The predicted molar refractivity (Wildman–Crippen MR) is 107 cm³/mol. The van der Waals surface area contributed by atoms with E-state index in [1.54, 1.807) is 24.3 Å². The normalized spacial score (nSPS) is 13.5. The fourth-order valence-corrected chi connectivity index (χ4v) is 3.76. The number of halogens is 1. The van der Waals surface area contributed by atoms with Gasteiger partial charge in [0.1, 0.15) is 5.82 Å². The van der Waals surface area contributed by atoms with E-state index in [-0.39, 0.29) is 24.9 Å². The van der Waals surface area contributed by atoms with Crippen LogP contribution in [0.15, 0.2) is 41.3 Å². The smallest absolute Gasteiger partial charge is 0.264 e. The fraction of sp³-hybridized carbons (Fsp3) is 0.316. The number of hydrogen-bond donors (Lipinski definition) is 3. The first-order valence-corrected chi connectivity index (χ1v) is 10.7. The highest BCUT2D eigenvalue weighted by Gasteiger charge is 2.43. The van der Waals surface area contributed by atoms with Crippen molar-refractivity contribution in [2.75, 3.05) is 6.26 Å². The summed E-state index contributed by atoms with van der Waals surface area (Å²) in [6.07, 6.45) is 1.33. The second-order valence-corrected chi connectivity index (χ2v) is 9.55. The molecule has 0 bridgehead atoms. The number of pyridine rings is 1. The van der Waals surface area contributed by atoms with E-state index in [0.717, 1.165) is 30.0 Å². The van der Waals surface area contributed by atoms with E-state index in [9.17, 15) is 27.2 Å². The Morgan fingerprint density at radius 3 is 2.53 bits per heavy atom. The number of sulfone groups is 1. The average molecular weight is 439 g/mol. The Labute approximate surface area is 172 Å². The number of benzene rings is 1. The van der Waals surface area contributed by atoms with Gasteiger partial charge in [-0.3, -0.25) is 19.6 Å². The lowest BCUT2D eigenvalue weighted by Gasteiger charge is -2.25. The van der Waals surface area contributed by atoms with E-state index >= 15 is 0 Å². The van der Waals surface area contributed by atoms with E-state index < -0.39 is 37.8 Å². The maximum Gasteiger partial charge on any atom is 0.264 e. The minimum absolute atomic E-state index is 0.00143. The summed E-state index contributed by atoms with van der Waals surface area (Å²) in [4.78, 5) is 35.4. The summed E-state index contributed by atoms with van der Waals surface area (Å²) in [6, 6.07) is 7.40. The van der Waals surface area contributed by atoms with Crippen molar-refractivity contribution in [3.8, 4) is 11.1 Å². The first-order valence-electron chi connectivity index (χ1n) is 8.81. The number of nitrogens with two attached hydrogens (primary N) is 1. The van der Waals surface area contributed by atoms with Crippen LogP contribution in [0.2, 0.25) is 0 Å². The van der Waals surface area contributed by atoms with Gasteiger partial charge in [-0.2, -0.15) is 0 Å². The largest absolute Gasteiger partial charge is 0.369 e. The van der Waals surface area contributed by atoms with E-state index in [1.807, 2.05) is 0 Å². The molecule has 0 aliphatic carbocycles. The standard InChI is InChI=1S/C19H22FN3O6S/c1-19(18(26)22-27,30(2,28)29)6-7-23-11-15(20)14(10-17(23)25)13-5-3-4-12(8-13)9-16(21)24/h3-5,8,10-11,27H,6-7,9H2,1-2H3,(H2,21,24)(H,22,26). The van der Waals surface area contributed by atoms with Gasteiger partial charge in [-0.05, 0) is 24.5 Å². The second kappa shape index (κ2) is 8.76. The van der Waals surface area contributed by atoms with Crippen LogP contribution in [0.4, 0.5) is 4.39 Å². The van der Waals surface area contributed by atoms with Crippen molar-refractivity contribution >= 4 is 21.7 Å². The van der Waals surface area contributed by atoms with Crippen molar-refractivity contribution in [1.29, 1.82) is 0 Å². The Hall–Kier alpha value is -3.05. The molecule has 9 nitrogen and oxygen atoms in total. The van der Waals surface area contributed by atoms with Gasteiger partial charge in [0, 0.05) is 30.6 Å². The van der Waals surface area contributed by atoms with E-state index in [2.05, 4.69) is 0 Å². The molecule has 162 valence electrons. The summed E-state index contributed by atoms with van der Waals surface area (Å²) in [5.41, 5.74) is 6.79. The van der Waals surface area contributed by atoms with Crippen LogP contribution in [0.5, 0.6) is 0 Å². The zero-order valence-electron chi connectivity index (χ0n) is 16.4. The van der Waals surface area contributed by atoms with Gasteiger partial charge in [-0.25, -0.2) is 18.3 Å². The summed E-state index contributed by atoms with van der Waals surface area (Å²) in [5, 5.41) is 8.85. The maximum atomic E-state index is 14.7. The Morgan fingerprint density at radius 2 is 1.97 bits per heavy atom. The summed E-state index contributed by atoms with van der Waals surface area (Å²) in [5.74, 6) is -2.45. The summed E-state index contributed by atoms with van der Waals surface area (Å²) >= 11 is 0. The average Bonchev–Trinajstić information content (AvgIpc) is 2.66. The maximum absolute atomic E-state index is 14.7. The molecule has 0 radical (unpaired) electrons. The molecule has 30 heavy (non-hydrogen) atoms. The van der Waals surface area contributed by atoms with Gasteiger partial charge >= 0.3 is 0 Å². The molecular weight excluding hydrogens is 417 g/mol. The lowest BCUT2D eigenvalue weighted by atomic mass is 10.0. The highest BCUT2D eigenvalue weighted by atomic mass is 32.2. The molecule has 1 heterocycles. The molecule has 0 aliphatic rings. The first kappa shape index (κ1) is 23.2. The third kappa shape index (κ3) is 4.92. The molecule has 1 atom stereocenters. The molecule has 1 aromatic heterocycles. The molecule has 0 saturated carbocycles. The third-order valence-corrected chi connectivity index (χ3v) is 6.95. The number of primary amides is 1. The Balaban J connectivity index is 2.37. The highest BCUT2D eigenvalue weighted by Crippen LogP contribution is 2.24. The molecule has 2 amide bonds. The van der Waals surface area contributed by atoms with Gasteiger partial charge in [0.2, 0.25) is 5.91 Å². The van der Waals surface area contributed by atoms with Crippen LogP contribution in [0.1, 0.15) is 18.9 Å². The molecule has 1 unspecified atom stereocenters. The summed E-state index contributed by atoms with van der Waals surface area (Å²) < 4.78 is 37.6. The van der Waals surface area contributed by atoms with Crippen molar-refractivity contribution in [3.63, 3.8) is 0 Å². The molecule has 4 N–H and O–H groups in total. The number of hydrogen-bond acceptors (Lipinski definition) is 6. The minimum Gasteiger partial charge on any atom is -0.369 e. The Bertz CT molecular complexity index is 1150. The molecule has 2 aromatic rings. The molecule has 0 spiro atoms. The number of aromatic nitrogens is 1. The number of amides is 2. The van der Waals surface area contributed by atoms with Crippen LogP contribution in [0, 0.1) is 5.82 Å². The van der Waals surface area contributed by atoms with Gasteiger partial charge < -0.3 is 10.3 Å². The number of carbonyl (C=O) groups is 2. The van der Waals surface area contributed by atoms with Gasteiger partial charge in [-0.15, -0.1) is 0 Å². The highest BCUT2D eigenvalue weighted by molar-refractivity contribution is 7.92. The van der Waals surface area contributed by atoms with Crippen molar-refractivity contribution in [3.05, 3.63) is 58.3 Å². The lowest BCUT2D eigenvalue weighted by molar-refractivity contribution is -0.131. The monoisotopic (exact) mass is 439 g/mol. The molecule has 11 heteroatoms. The van der Waals surface area contributed by atoms with Gasteiger partial charge in [-0.1, -0.05) is 24.3 Å². The van der Waals surface area contributed by atoms with E-state index in [1.165, 1.54) is 5.48 Å². The van der Waals surface area contributed by atoms with Crippen LogP contribution in [-0.4, -0.2) is 41.0 Å². The van der Waals surface area contributed by atoms with E-state index in [4.69, 9.17) is 10.9 Å². The minimum atomic E-state index is -3.95. The number of hydroxylamine groups is 1. The van der Waals surface area contributed by atoms with Gasteiger partial charge in [0.05, 0.1) is 6.42 Å². The molecule has 0 aliphatic heterocycles. The number of carbonyl (C=O) groups excluding carboxylic acids is 2. The SMILES string of the molecule is CC(CCn1cc(F)c(-c2cccc(CC(N)=O)c2)cc1=O)(C(=O)NO)S(C)(=O)=O. The number of rotatable bonds is 8. The first-order chi connectivity index (χ1) is 13.9. The van der Waals surface area contributed by atoms with Crippen molar-refractivity contribution < 1.29 is 27.6 Å². The lowest BCUT2D eigenvalue weighted by Crippen LogP contribution is -2.50. The molecule has 0 saturated heterocycles. The van der Waals surface area contributed by atoms with Crippen molar-refractivity contribution in [2.45, 2.75) is 31.1 Å². The van der Waals surface area contributed by atoms with Gasteiger partial charge in [0.15, 0.2) is 14.6 Å². The zero-order chi connectivity index (χ0) is 22.7. The number of nitrogens with one attached hydrogen (secondary N) is 1. The zero-order valence-corrected chi connectivity index (χ0v) is 17.2. The number of nitrogens with zero attached hydrogens (tertiary/aromatic N) is 1. The van der Waals surface area contributed by atoms with E-state index in [0.29, 0.717) is 11.1 Å². The van der Waals surface area contributed by atoms with Crippen LogP contribution >= 0.6 is 0 Å². The molecule has 2 rings (SSSR count). The quantitative estimate of drug-likeness (QED) is 0.400. The topological polar surface area (TPSA) is 149 Å². The van der Waals surface area contributed by atoms with Crippen LogP contribution < -0.4 is 16.8 Å². The second-order valence-electron chi connectivity index (χ2n) is 7.10. The summed E-state index contributed by atoms with van der Waals surface area (Å²) in [7, 11) is -3.95. The molecule has 1 aromatic carbocycles. The van der Waals surface area contributed by atoms with Crippen LogP contribution in [0.3, 0.4) is 0 Å². The van der Waals surface area contributed by atoms with Crippen LogP contribution in [0.25, 0.3) is 11.1 Å². The van der Waals surface area contributed by atoms with Crippen LogP contribution in [-0.2, 0) is 32.4 Å². The molecular formula is C19H22FN3O6S. The number of aryl methyl sites for hydroxylation is 1. The molecule has 0 fully saturated rings. The van der Waals surface area contributed by atoms with Crippen molar-refractivity contribution in [2.24, 2.45) is 5.73 Å². The van der Waals surface area contributed by atoms with Gasteiger partial charge in [0.25, 0.3) is 11.5 Å². The fourth-order valence-electron chi connectivity index (χ4n) is 2.91. The predicted octanol–water partition coefficient (Wildman–Crippen LogP) is 0.381. The Morgan fingerprint density at radius 1 is 1.30 bits per heavy atom. The Kier molecular flexibility index (Phi) is 6.78. The third-order valence-electron chi connectivity index (χ3n) is 4.92.